The topological polar surface area (TPSA) is 73.6 Å². The molecule has 0 rings (SSSR count). The van der Waals surface area contributed by atoms with Crippen molar-refractivity contribution in [3.8, 4) is 0 Å². The van der Waals surface area contributed by atoms with E-state index in [1.807, 2.05) is 6.92 Å². The minimum absolute atomic E-state index is 0.299. The summed E-state index contributed by atoms with van der Waals surface area (Å²) in [7, 11) is 0. The van der Waals surface area contributed by atoms with Crippen LogP contribution in [-0.2, 0) is 14.3 Å². The second-order valence-electron chi connectivity index (χ2n) is 4.95. The summed E-state index contributed by atoms with van der Waals surface area (Å²) in [5.41, 5.74) is 4.82. The standard InChI is InChI=1S/C14H30N2O3/c1-4-8-16-14(3,13(15)17)7-6-10-19-12-11-18-9-5-2/h16H,4-12H2,1-3H3,(H2,15,17). The molecule has 0 aliphatic carbocycles. The normalized spacial score (nSPS) is 14.3. The molecule has 0 aromatic rings. The van der Waals surface area contributed by atoms with Crippen LogP contribution in [0.15, 0.2) is 0 Å². The molecule has 0 fully saturated rings. The fourth-order valence-electron chi connectivity index (χ4n) is 1.69. The molecular formula is C14H30N2O3. The summed E-state index contributed by atoms with van der Waals surface area (Å²) in [5, 5.41) is 3.21. The lowest BCUT2D eigenvalue weighted by atomic mass is 9.95. The number of carbonyl (C=O) groups is 1. The fraction of sp³-hybridized carbons (Fsp3) is 0.929. The number of hydrogen-bond donors (Lipinski definition) is 2. The third kappa shape index (κ3) is 8.97. The number of carbonyl (C=O) groups excluding carboxylic acids is 1. The van der Waals surface area contributed by atoms with Crippen LogP contribution in [0.3, 0.4) is 0 Å². The van der Waals surface area contributed by atoms with Gasteiger partial charge in [0, 0.05) is 13.2 Å². The second kappa shape index (κ2) is 11.2. The van der Waals surface area contributed by atoms with E-state index >= 15 is 0 Å². The van der Waals surface area contributed by atoms with Gasteiger partial charge in [0.1, 0.15) is 0 Å². The average molecular weight is 274 g/mol. The molecule has 5 heteroatoms. The lowest BCUT2D eigenvalue weighted by Crippen LogP contribution is -2.53. The third-order valence-corrected chi connectivity index (χ3v) is 2.99. The van der Waals surface area contributed by atoms with Gasteiger partial charge in [-0.05, 0) is 39.2 Å². The minimum atomic E-state index is -0.627. The zero-order valence-corrected chi connectivity index (χ0v) is 12.7. The van der Waals surface area contributed by atoms with E-state index < -0.39 is 5.54 Å². The summed E-state index contributed by atoms with van der Waals surface area (Å²) in [4.78, 5) is 11.5. The van der Waals surface area contributed by atoms with Crippen LogP contribution in [-0.4, -0.2) is 44.4 Å². The van der Waals surface area contributed by atoms with Crippen molar-refractivity contribution in [2.24, 2.45) is 5.73 Å². The van der Waals surface area contributed by atoms with Gasteiger partial charge in [-0.3, -0.25) is 4.79 Å². The van der Waals surface area contributed by atoms with Gasteiger partial charge in [-0.1, -0.05) is 13.8 Å². The molecule has 0 heterocycles. The monoisotopic (exact) mass is 274 g/mol. The molecule has 1 unspecified atom stereocenters. The summed E-state index contributed by atoms with van der Waals surface area (Å²) in [6.45, 7) is 9.45. The van der Waals surface area contributed by atoms with Crippen LogP contribution in [0.5, 0.6) is 0 Å². The zero-order chi connectivity index (χ0) is 14.6. The summed E-state index contributed by atoms with van der Waals surface area (Å²) >= 11 is 0. The molecule has 0 aromatic carbocycles. The molecule has 0 aliphatic heterocycles. The lowest BCUT2D eigenvalue weighted by molar-refractivity contribution is -0.124. The Morgan fingerprint density at radius 3 is 2.26 bits per heavy atom. The predicted molar refractivity (Wildman–Crippen MR) is 77.1 cm³/mol. The van der Waals surface area contributed by atoms with Gasteiger partial charge in [-0.15, -0.1) is 0 Å². The molecule has 1 amide bonds. The van der Waals surface area contributed by atoms with Crippen LogP contribution >= 0.6 is 0 Å². The maximum atomic E-state index is 11.5. The van der Waals surface area contributed by atoms with Crippen molar-refractivity contribution in [2.45, 2.75) is 52.0 Å². The maximum absolute atomic E-state index is 11.5. The molecule has 1 atom stereocenters. The largest absolute Gasteiger partial charge is 0.379 e. The number of hydrogen-bond acceptors (Lipinski definition) is 4. The van der Waals surface area contributed by atoms with E-state index in [-0.39, 0.29) is 5.91 Å². The highest BCUT2D eigenvalue weighted by molar-refractivity contribution is 5.84. The molecular weight excluding hydrogens is 244 g/mol. The van der Waals surface area contributed by atoms with E-state index in [1.165, 1.54) is 0 Å². The Bertz CT molecular complexity index is 237. The number of nitrogens with one attached hydrogen (secondary N) is 1. The maximum Gasteiger partial charge on any atom is 0.237 e. The highest BCUT2D eigenvalue weighted by Crippen LogP contribution is 2.12. The van der Waals surface area contributed by atoms with Crippen molar-refractivity contribution in [3.63, 3.8) is 0 Å². The van der Waals surface area contributed by atoms with Gasteiger partial charge in [0.05, 0.1) is 18.8 Å². The number of nitrogens with two attached hydrogens (primary N) is 1. The third-order valence-electron chi connectivity index (χ3n) is 2.99. The van der Waals surface area contributed by atoms with Crippen LogP contribution in [0.1, 0.15) is 46.5 Å². The van der Waals surface area contributed by atoms with Crippen LogP contribution < -0.4 is 11.1 Å². The Balaban J connectivity index is 3.67. The summed E-state index contributed by atoms with van der Waals surface area (Å²) in [6.07, 6.45) is 3.51. The predicted octanol–water partition coefficient (Wildman–Crippen LogP) is 1.45. The number of rotatable bonds is 13. The fourth-order valence-corrected chi connectivity index (χ4v) is 1.69. The van der Waals surface area contributed by atoms with Gasteiger partial charge < -0.3 is 20.5 Å². The Labute approximate surface area is 117 Å². The number of primary amides is 1. The number of amides is 1. The Hall–Kier alpha value is -0.650. The molecule has 0 saturated heterocycles. The van der Waals surface area contributed by atoms with Crippen molar-refractivity contribution in [2.75, 3.05) is 33.0 Å². The summed E-state index contributed by atoms with van der Waals surface area (Å²) in [5.74, 6) is -0.299. The van der Waals surface area contributed by atoms with E-state index in [0.717, 1.165) is 32.4 Å². The smallest absolute Gasteiger partial charge is 0.237 e. The quantitative estimate of drug-likeness (QED) is 0.499. The van der Waals surface area contributed by atoms with Crippen LogP contribution in [0.25, 0.3) is 0 Å². The van der Waals surface area contributed by atoms with E-state index in [2.05, 4.69) is 19.2 Å². The van der Waals surface area contributed by atoms with Crippen molar-refractivity contribution >= 4 is 5.91 Å². The molecule has 0 aliphatic rings. The van der Waals surface area contributed by atoms with Gasteiger partial charge in [-0.25, -0.2) is 0 Å². The Morgan fingerprint density at radius 1 is 1.11 bits per heavy atom. The minimum Gasteiger partial charge on any atom is -0.379 e. The van der Waals surface area contributed by atoms with Crippen LogP contribution in [0, 0.1) is 0 Å². The van der Waals surface area contributed by atoms with Gasteiger partial charge >= 0.3 is 0 Å². The SMILES string of the molecule is CCCNC(C)(CCCOCCOCCC)C(N)=O. The molecule has 0 saturated carbocycles. The van der Waals surface area contributed by atoms with Gasteiger partial charge in [0.25, 0.3) is 0 Å². The van der Waals surface area contributed by atoms with Crippen LogP contribution in [0.2, 0.25) is 0 Å². The molecule has 5 nitrogen and oxygen atoms in total. The first-order valence-electron chi connectivity index (χ1n) is 7.27. The number of ether oxygens (including phenoxy) is 2. The van der Waals surface area contributed by atoms with Crippen molar-refractivity contribution < 1.29 is 14.3 Å². The van der Waals surface area contributed by atoms with E-state index in [9.17, 15) is 4.79 Å². The first kappa shape index (κ1) is 18.4. The van der Waals surface area contributed by atoms with E-state index in [1.54, 1.807) is 0 Å². The average Bonchev–Trinajstić information content (AvgIpc) is 2.39. The molecule has 0 aromatic heterocycles. The molecule has 0 spiro atoms. The van der Waals surface area contributed by atoms with Gasteiger partial charge in [-0.2, -0.15) is 0 Å². The first-order chi connectivity index (χ1) is 9.06. The van der Waals surface area contributed by atoms with Crippen molar-refractivity contribution in [3.05, 3.63) is 0 Å². The molecule has 0 radical (unpaired) electrons. The molecule has 114 valence electrons. The second-order valence-corrected chi connectivity index (χ2v) is 4.95. The molecule has 0 bridgehead atoms. The Kier molecular flexibility index (Phi) is 10.8. The summed E-state index contributed by atoms with van der Waals surface area (Å²) < 4.78 is 10.8. The summed E-state index contributed by atoms with van der Waals surface area (Å²) in [6, 6.07) is 0. The van der Waals surface area contributed by atoms with Crippen molar-refractivity contribution in [1.29, 1.82) is 0 Å². The zero-order valence-electron chi connectivity index (χ0n) is 12.7. The van der Waals surface area contributed by atoms with Crippen molar-refractivity contribution in [1.82, 2.24) is 5.32 Å². The Morgan fingerprint density at radius 2 is 1.74 bits per heavy atom. The van der Waals surface area contributed by atoms with Gasteiger partial charge in [0.2, 0.25) is 5.91 Å². The highest BCUT2D eigenvalue weighted by atomic mass is 16.5. The van der Waals surface area contributed by atoms with E-state index in [4.69, 9.17) is 15.2 Å². The first-order valence-corrected chi connectivity index (χ1v) is 7.27. The molecule has 19 heavy (non-hydrogen) atoms. The highest BCUT2D eigenvalue weighted by Gasteiger charge is 2.29. The van der Waals surface area contributed by atoms with Crippen LogP contribution in [0.4, 0.5) is 0 Å². The van der Waals surface area contributed by atoms with Gasteiger partial charge in [0.15, 0.2) is 0 Å². The van der Waals surface area contributed by atoms with E-state index in [0.29, 0.717) is 26.2 Å². The lowest BCUT2D eigenvalue weighted by Gasteiger charge is -2.27. The molecule has 3 N–H and O–H groups in total.